The van der Waals surface area contributed by atoms with E-state index in [1.165, 1.54) is 4.90 Å². The number of nitrogens with one attached hydrogen (secondary N) is 1. The lowest BCUT2D eigenvalue weighted by molar-refractivity contribution is -0.122. The minimum absolute atomic E-state index is 0.163. The number of hydrogen-bond donors (Lipinski definition) is 1. The van der Waals surface area contributed by atoms with Crippen LogP contribution < -0.4 is 10.2 Å². The van der Waals surface area contributed by atoms with E-state index in [0.717, 1.165) is 43.4 Å². The normalized spacial score (nSPS) is 21.5. The fraction of sp³-hybridized carbons (Fsp3) is 0.348. The third-order valence-corrected chi connectivity index (χ3v) is 5.88. The van der Waals surface area contributed by atoms with E-state index in [1.807, 2.05) is 31.2 Å². The van der Waals surface area contributed by atoms with Gasteiger partial charge in [0.15, 0.2) is 0 Å². The predicted molar refractivity (Wildman–Crippen MR) is 108 cm³/mol. The lowest BCUT2D eigenvalue weighted by Crippen LogP contribution is -2.33. The fourth-order valence-corrected chi connectivity index (χ4v) is 4.40. The van der Waals surface area contributed by atoms with Crippen LogP contribution in [0.2, 0.25) is 0 Å². The first-order chi connectivity index (χ1) is 13.6. The molecule has 1 saturated heterocycles. The monoisotopic (exact) mass is 376 g/mol. The number of imide groups is 1. The van der Waals surface area contributed by atoms with Crippen LogP contribution in [0.4, 0.5) is 11.4 Å². The molecule has 0 aromatic heterocycles. The summed E-state index contributed by atoms with van der Waals surface area (Å²) in [6, 6.07) is 14.5. The van der Waals surface area contributed by atoms with Crippen LogP contribution in [0.15, 0.2) is 48.5 Å². The molecule has 0 unspecified atom stereocenters. The maximum absolute atomic E-state index is 13.0. The van der Waals surface area contributed by atoms with Crippen LogP contribution in [0.5, 0.6) is 0 Å². The molecule has 0 spiro atoms. The van der Waals surface area contributed by atoms with Crippen LogP contribution in [0, 0.1) is 11.8 Å². The average Bonchev–Trinajstić information content (AvgIpc) is 2.99. The van der Waals surface area contributed by atoms with Crippen molar-refractivity contribution in [3.63, 3.8) is 0 Å². The first-order valence-corrected chi connectivity index (χ1v) is 9.98. The first kappa shape index (κ1) is 18.4. The number of para-hydroxylation sites is 2. The number of rotatable bonds is 4. The molecule has 3 amide bonds. The van der Waals surface area contributed by atoms with Gasteiger partial charge in [-0.15, -0.1) is 0 Å². The highest BCUT2D eigenvalue weighted by molar-refractivity contribution is 6.24. The van der Waals surface area contributed by atoms with Gasteiger partial charge in [-0.2, -0.15) is 0 Å². The number of nitrogens with zero attached hydrogens (tertiary/aromatic N) is 1. The third kappa shape index (κ3) is 3.11. The summed E-state index contributed by atoms with van der Waals surface area (Å²) in [6.07, 6.45) is 4.26. The van der Waals surface area contributed by atoms with Gasteiger partial charge in [0.1, 0.15) is 0 Å². The molecule has 2 atom stereocenters. The Morgan fingerprint density at radius 3 is 2.25 bits per heavy atom. The van der Waals surface area contributed by atoms with Gasteiger partial charge >= 0.3 is 0 Å². The number of aryl methyl sites for hydroxylation is 1. The Hall–Kier alpha value is -2.95. The number of benzene rings is 2. The lowest BCUT2D eigenvalue weighted by Gasteiger charge is -2.19. The minimum Gasteiger partial charge on any atom is -0.322 e. The fourth-order valence-electron chi connectivity index (χ4n) is 4.40. The topological polar surface area (TPSA) is 66.5 Å². The summed E-state index contributed by atoms with van der Waals surface area (Å²) in [6.45, 7) is 2.03. The molecule has 0 bridgehead atoms. The summed E-state index contributed by atoms with van der Waals surface area (Å²) < 4.78 is 0. The number of hydrogen-bond acceptors (Lipinski definition) is 3. The van der Waals surface area contributed by atoms with E-state index in [0.29, 0.717) is 11.3 Å². The second-order valence-electron chi connectivity index (χ2n) is 7.49. The quantitative estimate of drug-likeness (QED) is 0.814. The smallest absolute Gasteiger partial charge is 0.257 e. The summed E-state index contributed by atoms with van der Waals surface area (Å²) >= 11 is 0. The molecule has 1 aliphatic carbocycles. The van der Waals surface area contributed by atoms with E-state index in [1.54, 1.807) is 24.3 Å². The summed E-state index contributed by atoms with van der Waals surface area (Å²) in [5.74, 6) is -1.11. The summed E-state index contributed by atoms with van der Waals surface area (Å²) in [7, 11) is 0. The molecule has 144 valence electrons. The maximum Gasteiger partial charge on any atom is 0.257 e. The SMILES string of the molecule is CCc1ccccc1NC(=O)c1ccccc1N1C(=O)[C@H]2CCCC[C@@H]2C1=O. The Morgan fingerprint density at radius 1 is 0.964 bits per heavy atom. The largest absolute Gasteiger partial charge is 0.322 e. The number of carbonyl (C=O) groups is 3. The van der Waals surface area contributed by atoms with E-state index >= 15 is 0 Å². The molecular weight excluding hydrogens is 352 g/mol. The number of carbonyl (C=O) groups excluding carboxylic acids is 3. The Balaban J connectivity index is 1.66. The molecule has 2 aliphatic rings. The second kappa shape index (κ2) is 7.58. The minimum atomic E-state index is -0.313. The zero-order valence-electron chi connectivity index (χ0n) is 16.0. The van der Waals surface area contributed by atoms with Gasteiger partial charge in [0, 0.05) is 5.69 Å². The number of anilines is 2. The van der Waals surface area contributed by atoms with Crippen molar-refractivity contribution >= 4 is 29.1 Å². The van der Waals surface area contributed by atoms with E-state index < -0.39 is 0 Å². The van der Waals surface area contributed by atoms with Crippen molar-refractivity contribution in [1.82, 2.24) is 0 Å². The Kier molecular flexibility index (Phi) is 4.99. The molecule has 1 heterocycles. The van der Waals surface area contributed by atoms with Crippen molar-refractivity contribution in [2.75, 3.05) is 10.2 Å². The van der Waals surface area contributed by atoms with E-state index in [-0.39, 0.29) is 29.6 Å². The Bertz CT molecular complexity index is 913. The molecule has 1 saturated carbocycles. The van der Waals surface area contributed by atoms with E-state index in [9.17, 15) is 14.4 Å². The highest BCUT2D eigenvalue weighted by atomic mass is 16.2. The van der Waals surface area contributed by atoms with Gasteiger partial charge in [0.25, 0.3) is 5.91 Å². The molecule has 5 heteroatoms. The Morgan fingerprint density at radius 2 is 1.57 bits per heavy atom. The molecule has 2 fully saturated rings. The van der Waals surface area contributed by atoms with E-state index in [4.69, 9.17) is 0 Å². The van der Waals surface area contributed by atoms with Crippen molar-refractivity contribution < 1.29 is 14.4 Å². The summed E-state index contributed by atoms with van der Waals surface area (Å²) in [5, 5.41) is 2.95. The maximum atomic E-state index is 13.0. The van der Waals surface area contributed by atoms with Gasteiger partial charge in [-0.05, 0) is 43.0 Å². The van der Waals surface area contributed by atoms with Gasteiger partial charge in [-0.1, -0.05) is 50.1 Å². The van der Waals surface area contributed by atoms with Crippen LogP contribution >= 0.6 is 0 Å². The van der Waals surface area contributed by atoms with Gasteiger partial charge in [0.05, 0.1) is 23.1 Å². The van der Waals surface area contributed by atoms with Crippen molar-refractivity contribution in [2.24, 2.45) is 11.8 Å². The summed E-state index contributed by atoms with van der Waals surface area (Å²) in [4.78, 5) is 40.2. The first-order valence-electron chi connectivity index (χ1n) is 9.98. The molecule has 1 N–H and O–H groups in total. The van der Waals surface area contributed by atoms with Crippen LogP contribution in [0.25, 0.3) is 0 Å². The molecule has 28 heavy (non-hydrogen) atoms. The van der Waals surface area contributed by atoms with Gasteiger partial charge in [-0.25, -0.2) is 4.90 Å². The molecule has 2 aromatic rings. The van der Waals surface area contributed by atoms with Crippen LogP contribution in [-0.4, -0.2) is 17.7 Å². The van der Waals surface area contributed by atoms with Crippen LogP contribution in [-0.2, 0) is 16.0 Å². The zero-order chi connectivity index (χ0) is 19.7. The van der Waals surface area contributed by atoms with Gasteiger partial charge < -0.3 is 5.32 Å². The van der Waals surface area contributed by atoms with Crippen molar-refractivity contribution in [3.05, 3.63) is 59.7 Å². The standard InChI is InChI=1S/C23H24N2O3/c1-2-15-9-3-7-13-19(15)24-21(26)18-12-6-8-14-20(18)25-22(27)16-10-4-5-11-17(16)23(25)28/h3,6-9,12-14,16-17H,2,4-5,10-11H2,1H3,(H,24,26)/t16-,17-/m0/s1. The highest BCUT2D eigenvalue weighted by Crippen LogP contribution is 2.41. The number of amides is 3. The zero-order valence-corrected chi connectivity index (χ0v) is 16.0. The predicted octanol–water partition coefficient (Wildman–Crippen LogP) is 4.18. The molecule has 4 rings (SSSR count). The molecule has 1 aliphatic heterocycles. The van der Waals surface area contributed by atoms with Crippen LogP contribution in [0.3, 0.4) is 0 Å². The van der Waals surface area contributed by atoms with Crippen molar-refractivity contribution in [2.45, 2.75) is 39.0 Å². The van der Waals surface area contributed by atoms with E-state index in [2.05, 4.69) is 5.32 Å². The van der Waals surface area contributed by atoms with Crippen molar-refractivity contribution in [3.8, 4) is 0 Å². The Labute approximate surface area is 164 Å². The highest BCUT2D eigenvalue weighted by Gasteiger charge is 2.49. The number of fused-ring (bicyclic) bond motifs is 1. The molecular formula is C23H24N2O3. The van der Waals surface area contributed by atoms with Gasteiger partial charge in [-0.3, -0.25) is 14.4 Å². The third-order valence-electron chi connectivity index (χ3n) is 5.88. The van der Waals surface area contributed by atoms with Crippen molar-refractivity contribution in [1.29, 1.82) is 0 Å². The molecule has 2 aromatic carbocycles. The second-order valence-corrected chi connectivity index (χ2v) is 7.49. The van der Waals surface area contributed by atoms with Gasteiger partial charge in [0.2, 0.25) is 11.8 Å². The lowest BCUT2D eigenvalue weighted by atomic mass is 9.81. The average molecular weight is 376 g/mol. The summed E-state index contributed by atoms with van der Waals surface area (Å²) in [5.41, 5.74) is 2.51. The molecule has 5 nitrogen and oxygen atoms in total. The molecule has 0 radical (unpaired) electrons. The van der Waals surface area contributed by atoms with Crippen LogP contribution in [0.1, 0.15) is 48.5 Å².